The predicted molar refractivity (Wildman–Crippen MR) is 116 cm³/mol. The standard InChI is InChI=1S/C24H30O2Se/c1-15-9-19(23(3,4)5)10-16(2)21(15)27-22-17(13-25)11-20(24(6,7)8)12-18(22)14-26/h9-14H,1-8H3. The Labute approximate surface area is 169 Å². The van der Waals surface area contributed by atoms with E-state index in [1.54, 1.807) is 0 Å². The van der Waals surface area contributed by atoms with Crippen molar-refractivity contribution in [1.82, 2.24) is 0 Å². The molecule has 0 amide bonds. The van der Waals surface area contributed by atoms with Gasteiger partial charge in [0.15, 0.2) is 0 Å². The molecular formula is C24H30O2Se. The van der Waals surface area contributed by atoms with Gasteiger partial charge in [-0.1, -0.05) is 0 Å². The van der Waals surface area contributed by atoms with E-state index in [-0.39, 0.29) is 25.8 Å². The van der Waals surface area contributed by atoms with Crippen LogP contribution in [0.5, 0.6) is 0 Å². The normalized spacial score (nSPS) is 12.1. The van der Waals surface area contributed by atoms with Crippen molar-refractivity contribution in [3.05, 3.63) is 57.6 Å². The SMILES string of the molecule is Cc1cc(C(C)(C)C)cc(C)c1[Se]c1c(C=O)cc(C(C)(C)C)cc1C=O. The van der Waals surface area contributed by atoms with Crippen LogP contribution in [0.4, 0.5) is 0 Å². The first-order valence-corrected chi connectivity index (χ1v) is 11.0. The molecule has 27 heavy (non-hydrogen) atoms. The molecule has 0 aliphatic heterocycles. The summed E-state index contributed by atoms with van der Waals surface area (Å²) in [4.78, 5) is 23.6. The molecule has 2 aromatic carbocycles. The molecule has 0 atom stereocenters. The fraction of sp³-hybridized carbons (Fsp3) is 0.417. The van der Waals surface area contributed by atoms with Gasteiger partial charge in [-0.15, -0.1) is 0 Å². The average Bonchev–Trinajstić information content (AvgIpc) is 2.55. The van der Waals surface area contributed by atoms with Crippen LogP contribution in [-0.4, -0.2) is 27.5 Å². The molecule has 0 N–H and O–H groups in total. The summed E-state index contributed by atoms with van der Waals surface area (Å²) in [6.07, 6.45) is 1.79. The van der Waals surface area contributed by atoms with Crippen LogP contribution in [0.25, 0.3) is 0 Å². The Balaban J connectivity index is 2.61. The van der Waals surface area contributed by atoms with E-state index < -0.39 is 0 Å². The Morgan fingerprint density at radius 2 is 1.04 bits per heavy atom. The van der Waals surface area contributed by atoms with Crippen molar-refractivity contribution >= 4 is 36.5 Å². The number of hydrogen-bond acceptors (Lipinski definition) is 2. The molecule has 0 saturated heterocycles. The molecule has 0 saturated carbocycles. The van der Waals surface area contributed by atoms with Gasteiger partial charge in [-0.05, 0) is 0 Å². The Kier molecular flexibility index (Phi) is 6.19. The Hall–Kier alpha value is -1.70. The third-order valence-electron chi connectivity index (χ3n) is 4.80. The van der Waals surface area contributed by atoms with Crippen LogP contribution in [0, 0.1) is 13.8 Å². The number of aldehydes is 2. The van der Waals surface area contributed by atoms with E-state index in [0.717, 1.165) is 22.6 Å². The monoisotopic (exact) mass is 430 g/mol. The third kappa shape index (κ3) is 4.78. The molecule has 0 aliphatic carbocycles. The van der Waals surface area contributed by atoms with Gasteiger partial charge in [0.05, 0.1) is 0 Å². The van der Waals surface area contributed by atoms with Crippen LogP contribution in [0.1, 0.15) is 84.5 Å². The van der Waals surface area contributed by atoms with Crippen molar-refractivity contribution in [3.63, 3.8) is 0 Å². The zero-order valence-corrected chi connectivity index (χ0v) is 19.4. The molecule has 0 fully saturated rings. The number of carbonyl (C=O) groups excluding carboxylic acids is 2. The molecule has 0 unspecified atom stereocenters. The van der Waals surface area contributed by atoms with E-state index in [1.165, 1.54) is 21.2 Å². The van der Waals surface area contributed by atoms with Crippen LogP contribution in [0.2, 0.25) is 0 Å². The summed E-state index contributed by atoms with van der Waals surface area (Å²) < 4.78 is 2.14. The summed E-state index contributed by atoms with van der Waals surface area (Å²) in [5.74, 6) is 0. The zero-order chi connectivity index (χ0) is 20.6. The number of hydrogen-bond donors (Lipinski definition) is 0. The Bertz CT molecular complexity index is 828. The number of rotatable bonds is 4. The number of carbonyl (C=O) groups is 2. The summed E-state index contributed by atoms with van der Waals surface area (Å²) in [6.45, 7) is 17.2. The molecule has 0 aliphatic rings. The first kappa shape index (κ1) is 21.6. The van der Waals surface area contributed by atoms with Gasteiger partial charge in [0, 0.05) is 0 Å². The molecule has 3 heteroatoms. The van der Waals surface area contributed by atoms with E-state index >= 15 is 0 Å². The maximum absolute atomic E-state index is 11.8. The second-order valence-corrected chi connectivity index (χ2v) is 11.4. The van der Waals surface area contributed by atoms with E-state index in [9.17, 15) is 9.59 Å². The quantitative estimate of drug-likeness (QED) is 0.540. The topological polar surface area (TPSA) is 34.1 Å². The van der Waals surface area contributed by atoms with Crippen LogP contribution in [-0.2, 0) is 10.8 Å². The number of benzene rings is 2. The summed E-state index contributed by atoms with van der Waals surface area (Å²) in [7, 11) is 0. The van der Waals surface area contributed by atoms with Crippen LogP contribution in [0.3, 0.4) is 0 Å². The minimum atomic E-state index is -0.110. The van der Waals surface area contributed by atoms with Crippen molar-refractivity contribution < 1.29 is 9.59 Å². The fourth-order valence-electron chi connectivity index (χ4n) is 3.05. The summed E-state index contributed by atoms with van der Waals surface area (Å²) in [5, 5.41) is 0. The molecule has 0 spiro atoms. The van der Waals surface area contributed by atoms with Crippen LogP contribution in [0.15, 0.2) is 24.3 Å². The summed E-state index contributed by atoms with van der Waals surface area (Å²) in [6, 6.07) is 8.39. The van der Waals surface area contributed by atoms with Gasteiger partial charge >= 0.3 is 170 Å². The van der Waals surface area contributed by atoms with E-state index in [4.69, 9.17) is 0 Å². The van der Waals surface area contributed by atoms with Gasteiger partial charge < -0.3 is 0 Å². The van der Waals surface area contributed by atoms with Gasteiger partial charge in [0.1, 0.15) is 0 Å². The van der Waals surface area contributed by atoms with Gasteiger partial charge in [-0.2, -0.15) is 0 Å². The molecule has 0 bridgehead atoms. The third-order valence-corrected chi connectivity index (χ3v) is 7.99. The van der Waals surface area contributed by atoms with Crippen LogP contribution >= 0.6 is 0 Å². The minimum absolute atomic E-state index is 0.0946. The first-order valence-electron chi connectivity index (χ1n) is 9.27. The second kappa shape index (κ2) is 7.73. The van der Waals surface area contributed by atoms with Gasteiger partial charge in [0.25, 0.3) is 0 Å². The van der Waals surface area contributed by atoms with E-state index in [0.29, 0.717) is 11.1 Å². The van der Waals surface area contributed by atoms with Crippen LogP contribution < -0.4 is 8.92 Å². The van der Waals surface area contributed by atoms with Crippen molar-refractivity contribution in [2.75, 3.05) is 0 Å². The Morgan fingerprint density at radius 1 is 0.667 bits per heavy atom. The molecule has 2 aromatic rings. The van der Waals surface area contributed by atoms with Crippen molar-refractivity contribution in [2.45, 2.75) is 66.2 Å². The first-order chi connectivity index (χ1) is 12.4. The van der Waals surface area contributed by atoms with Crippen molar-refractivity contribution in [2.24, 2.45) is 0 Å². The second-order valence-electron chi connectivity index (χ2n) is 9.26. The molecule has 2 rings (SSSR count). The van der Waals surface area contributed by atoms with Crippen molar-refractivity contribution in [1.29, 1.82) is 0 Å². The summed E-state index contributed by atoms with van der Waals surface area (Å²) >= 11 is -0.104. The van der Waals surface area contributed by atoms with Gasteiger partial charge in [0.2, 0.25) is 0 Å². The molecule has 0 aromatic heterocycles. The van der Waals surface area contributed by atoms with E-state index in [1.807, 2.05) is 12.1 Å². The molecule has 144 valence electrons. The van der Waals surface area contributed by atoms with Gasteiger partial charge in [-0.3, -0.25) is 0 Å². The molecule has 0 heterocycles. The van der Waals surface area contributed by atoms with E-state index in [2.05, 4.69) is 67.5 Å². The average molecular weight is 429 g/mol. The van der Waals surface area contributed by atoms with Crippen molar-refractivity contribution in [3.8, 4) is 0 Å². The molecule has 0 radical (unpaired) electrons. The maximum atomic E-state index is 11.8. The predicted octanol–water partition coefficient (Wildman–Crippen LogP) is 4.18. The zero-order valence-electron chi connectivity index (χ0n) is 17.7. The fourth-order valence-corrected chi connectivity index (χ4v) is 5.34. The Morgan fingerprint density at radius 3 is 1.37 bits per heavy atom. The number of aryl methyl sites for hydroxylation is 2. The molecular weight excluding hydrogens is 399 g/mol. The molecule has 2 nitrogen and oxygen atoms in total. The summed E-state index contributed by atoms with van der Waals surface area (Å²) in [5.41, 5.74) is 6.06. The van der Waals surface area contributed by atoms with Gasteiger partial charge in [-0.25, -0.2) is 0 Å².